The molecule has 130 valence electrons. The molecule has 4 heteroatoms. The van der Waals surface area contributed by atoms with E-state index in [2.05, 4.69) is 6.58 Å². The van der Waals surface area contributed by atoms with Crippen LogP contribution in [0.15, 0.2) is 66.7 Å². The third kappa shape index (κ3) is 4.09. The monoisotopic (exact) mass is 338 g/mol. The molecule has 2 aromatic carbocycles. The molecular formula is C21H22O4. The third-order valence-electron chi connectivity index (χ3n) is 4.44. The van der Waals surface area contributed by atoms with Crippen LogP contribution in [-0.4, -0.2) is 19.7 Å². The number of cyclic esters (lactones) is 1. The zero-order valence-corrected chi connectivity index (χ0v) is 14.3. The molecule has 0 N–H and O–H groups in total. The van der Waals surface area contributed by atoms with Gasteiger partial charge in [0.05, 0.1) is 13.7 Å². The summed E-state index contributed by atoms with van der Waals surface area (Å²) in [5, 5.41) is 0. The average molecular weight is 338 g/mol. The first kappa shape index (κ1) is 17.2. The molecule has 0 saturated carbocycles. The molecule has 0 aliphatic carbocycles. The summed E-state index contributed by atoms with van der Waals surface area (Å²) < 4.78 is 16.5. The summed E-state index contributed by atoms with van der Waals surface area (Å²) in [6.07, 6.45) is 0.375. The summed E-state index contributed by atoms with van der Waals surface area (Å²) in [4.78, 5) is 12.0. The maximum Gasteiger partial charge on any atom is 0.334 e. The normalized spacial score (nSPS) is 19.7. The first-order chi connectivity index (χ1) is 12.2. The van der Waals surface area contributed by atoms with Gasteiger partial charge in [0.1, 0.15) is 11.9 Å². The van der Waals surface area contributed by atoms with E-state index >= 15 is 0 Å². The minimum Gasteiger partial charge on any atom is -0.497 e. The second-order valence-electron chi connectivity index (χ2n) is 6.06. The Morgan fingerprint density at radius 3 is 2.48 bits per heavy atom. The minimum absolute atomic E-state index is 0.0725. The zero-order valence-electron chi connectivity index (χ0n) is 14.3. The van der Waals surface area contributed by atoms with E-state index in [1.807, 2.05) is 54.6 Å². The smallest absolute Gasteiger partial charge is 0.334 e. The number of rotatable bonds is 7. The summed E-state index contributed by atoms with van der Waals surface area (Å²) in [5.41, 5.74) is 2.59. The molecule has 1 aliphatic rings. The molecule has 0 radical (unpaired) electrons. The molecule has 0 aromatic heterocycles. The molecule has 1 saturated heterocycles. The van der Waals surface area contributed by atoms with Crippen LogP contribution in [0, 0.1) is 5.92 Å². The molecule has 2 aromatic rings. The van der Waals surface area contributed by atoms with E-state index in [0.717, 1.165) is 16.9 Å². The van der Waals surface area contributed by atoms with Crippen LogP contribution >= 0.6 is 0 Å². The van der Waals surface area contributed by atoms with E-state index < -0.39 is 0 Å². The Balaban J connectivity index is 1.60. The number of ether oxygens (including phenoxy) is 3. The van der Waals surface area contributed by atoms with Gasteiger partial charge < -0.3 is 14.2 Å². The van der Waals surface area contributed by atoms with Crippen LogP contribution in [0.4, 0.5) is 0 Å². The lowest BCUT2D eigenvalue weighted by atomic mass is 9.90. The average Bonchev–Trinajstić information content (AvgIpc) is 2.94. The van der Waals surface area contributed by atoms with Crippen molar-refractivity contribution in [1.29, 1.82) is 0 Å². The molecule has 25 heavy (non-hydrogen) atoms. The quantitative estimate of drug-likeness (QED) is 0.434. The predicted molar refractivity (Wildman–Crippen MR) is 95.2 cm³/mol. The maximum atomic E-state index is 12.0. The van der Waals surface area contributed by atoms with Crippen molar-refractivity contribution in [2.45, 2.75) is 19.1 Å². The van der Waals surface area contributed by atoms with E-state index in [9.17, 15) is 4.79 Å². The Bertz CT molecular complexity index is 721. The number of hydrogen-bond donors (Lipinski definition) is 0. The van der Waals surface area contributed by atoms with E-state index in [0.29, 0.717) is 25.2 Å². The standard InChI is InChI=1S/C21H22O4/c1-15-19(12-13-24-14-16-6-4-3-5-7-16)20(25-21(15)22)17-8-10-18(23-2)11-9-17/h3-11,19-20H,1,12-14H2,2H3/t19-,20-/m1/s1. The highest BCUT2D eigenvalue weighted by molar-refractivity contribution is 5.90. The van der Waals surface area contributed by atoms with Gasteiger partial charge in [-0.3, -0.25) is 0 Å². The lowest BCUT2D eigenvalue weighted by Crippen LogP contribution is -2.12. The summed E-state index contributed by atoms with van der Waals surface area (Å²) in [7, 11) is 1.62. The molecule has 0 amide bonds. The van der Waals surface area contributed by atoms with Crippen LogP contribution in [0.25, 0.3) is 0 Å². The van der Waals surface area contributed by atoms with E-state index in [-0.39, 0.29) is 18.0 Å². The number of benzene rings is 2. The first-order valence-electron chi connectivity index (χ1n) is 8.34. The number of methoxy groups -OCH3 is 1. The second kappa shape index (κ2) is 7.99. The highest BCUT2D eigenvalue weighted by Crippen LogP contribution is 2.40. The van der Waals surface area contributed by atoms with Crippen molar-refractivity contribution in [2.24, 2.45) is 5.92 Å². The van der Waals surface area contributed by atoms with Gasteiger partial charge in [0.15, 0.2) is 0 Å². The molecule has 1 fully saturated rings. The topological polar surface area (TPSA) is 44.8 Å². The summed E-state index contributed by atoms with van der Waals surface area (Å²) in [5.74, 6) is 0.375. The fourth-order valence-electron chi connectivity index (χ4n) is 3.00. The van der Waals surface area contributed by atoms with Crippen molar-refractivity contribution in [2.75, 3.05) is 13.7 Å². The number of hydrogen-bond acceptors (Lipinski definition) is 4. The van der Waals surface area contributed by atoms with E-state index in [1.54, 1.807) is 7.11 Å². The molecule has 4 nitrogen and oxygen atoms in total. The summed E-state index contributed by atoms with van der Waals surface area (Å²) >= 11 is 0. The number of esters is 1. The zero-order chi connectivity index (χ0) is 17.6. The van der Waals surface area contributed by atoms with Gasteiger partial charge in [-0.1, -0.05) is 49.0 Å². The molecular weight excluding hydrogens is 316 g/mol. The van der Waals surface area contributed by atoms with Gasteiger partial charge >= 0.3 is 5.97 Å². The Morgan fingerprint density at radius 1 is 1.08 bits per heavy atom. The van der Waals surface area contributed by atoms with Crippen LogP contribution in [0.3, 0.4) is 0 Å². The Kier molecular flexibility index (Phi) is 5.51. The van der Waals surface area contributed by atoms with Gasteiger partial charge in [0.2, 0.25) is 0 Å². The Hall–Kier alpha value is -2.59. The van der Waals surface area contributed by atoms with Crippen molar-refractivity contribution < 1.29 is 19.0 Å². The molecule has 0 spiro atoms. The highest BCUT2D eigenvalue weighted by atomic mass is 16.6. The fraction of sp³-hybridized carbons (Fsp3) is 0.286. The van der Waals surface area contributed by atoms with E-state index in [4.69, 9.17) is 14.2 Å². The Labute approximate surface area is 148 Å². The third-order valence-corrected chi connectivity index (χ3v) is 4.44. The second-order valence-corrected chi connectivity index (χ2v) is 6.06. The van der Waals surface area contributed by atoms with E-state index in [1.165, 1.54) is 0 Å². The van der Waals surface area contributed by atoms with Crippen LogP contribution < -0.4 is 4.74 Å². The van der Waals surface area contributed by atoms with Gasteiger partial charge in [-0.05, 0) is 29.7 Å². The van der Waals surface area contributed by atoms with Gasteiger partial charge in [-0.25, -0.2) is 4.79 Å². The largest absolute Gasteiger partial charge is 0.497 e. The molecule has 0 unspecified atom stereocenters. The molecule has 2 atom stereocenters. The van der Waals surface area contributed by atoms with Gasteiger partial charge in [0, 0.05) is 18.1 Å². The SMILES string of the molecule is C=C1C(=O)O[C@H](c2ccc(OC)cc2)[C@@H]1CCOCc1ccccc1. The van der Waals surface area contributed by atoms with Crippen LogP contribution in [0.5, 0.6) is 5.75 Å². The molecule has 1 aliphatic heterocycles. The van der Waals surface area contributed by atoms with Crippen molar-refractivity contribution in [3.63, 3.8) is 0 Å². The first-order valence-corrected chi connectivity index (χ1v) is 8.34. The predicted octanol–water partition coefficient (Wildman–Crippen LogP) is 4.07. The molecule has 0 bridgehead atoms. The highest BCUT2D eigenvalue weighted by Gasteiger charge is 2.39. The Morgan fingerprint density at radius 2 is 1.80 bits per heavy atom. The van der Waals surface area contributed by atoms with Crippen LogP contribution in [-0.2, 0) is 20.9 Å². The fourth-order valence-corrected chi connectivity index (χ4v) is 3.00. The van der Waals surface area contributed by atoms with Crippen molar-refractivity contribution in [1.82, 2.24) is 0 Å². The van der Waals surface area contributed by atoms with Gasteiger partial charge in [-0.15, -0.1) is 0 Å². The number of carbonyl (C=O) groups is 1. The lowest BCUT2D eigenvalue weighted by molar-refractivity contribution is -0.139. The van der Waals surface area contributed by atoms with Crippen molar-refractivity contribution in [3.05, 3.63) is 77.9 Å². The summed E-state index contributed by atoms with van der Waals surface area (Å²) in [6, 6.07) is 17.6. The maximum absolute atomic E-state index is 12.0. The van der Waals surface area contributed by atoms with Gasteiger partial charge in [0.25, 0.3) is 0 Å². The summed E-state index contributed by atoms with van der Waals surface area (Å²) in [6.45, 7) is 5.01. The number of carbonyl (C=O) groups excluding carboxylic acids is 1. The van der Waals surface area contributed by atoms with Crippen molar-refractivity contribution in [3.8, 4) is 5.75 Å². The molecule has 1 heterocycles. The minimum atomic E-state index is -0.325. The lowest BCUT2D eigenvalue weighted by Gasteiger charge is -2.18. The van der Waals surface area contributed by atoms with Crippen molar-refractivity contribution >= 4 is 5.97 Å². The molecule has 3 rings (SSSR count). The van der Waals surface area contributed by atoms with Gasteiger partial charge in [-0.2, -0.15) is 0 Å². The van der Waals surface area contributed by atoms with Crippen LogP contribution in [0.2, 0.25) is 0 Å². The van der Waals surface area contributed by atoms with Crippen LogP contribution in [0.1, 0.15) is 23.7 Å².